The molecule has 0 saturated heterocycles. The number of carbonyl (C=O) groups is 1. The number of nitrogens with one attached hydrogen (secondary N) is 1. The normalized spacial score (nSPS) is 9.65. The molecule has 0 spiro atoms. The van der Waals surface area contributed by atoms with E-state index in [1.807, 2.05) is 39.2 Å². The van der Waals surface area contributed by atoms with E-state index in [4.69, 9.17) is 0 Å². The standard InChI is InChI=1S/C12H17BrN2O.ClH/c1-9-10(5-4-6-11(9)13)12(16)15(3)8-7-14-2;/h4-6,14H,7-8H2,1-3H3;1H. The topological polar surface area (TPSA) is 32.3 Å². The Kier molecular flexibility index (Phi) is 7.43. The maximum atomic E-state index is 12.1. The zero-order valence-corrected chi connectivity index (χ0v) is 12.7. The SMILES string of the molecule is CNCCN(C)C(=O)c1cccc(Br)c1C.Cl. The number of nitrogens with zero attached hydrogens (tertiary/aromatic N) is 1. The van der Waals surface area contributed by atoms with E-state index in [1.54, 1.807) is 4.90 Å². The van der Waals surface area contributed by atoms with Crippen molar-refractivity contribution < 1.29 is 4.79 Å². The van der Waals surface area contributed by atoms with Gasteiger partial charge in [-0.1, -0.05) is 22.0 Å². The van der Waals surface area contributed by atoms with Crippen LogP contribution in [-0.4, -0.2) is 38.0 Å². The van der Waals surface area contributed by atoms with Crippen molar-refractivity contribution in [3.8, 4) is 0 Å². The van der Waals surface area contributed by atoms with Crippen molar-refractivity contribution in [3.05, 3.63) is 33.8 Å². The molecule has 0 unspecified atom stereocenters. The van der Waals surface area contributed by atoms with Crippen LogP contribution >= 0.6 is 28.3 Å². The third-order valence-corrected chi connectivity index (χ3v) is 3.40. The van der Waals surface area contributed by atoms with Gasteiger partial charge in [0, 0.05) is 30.2 Å². The summed E-state index contributed by atoms with van der Waals surface area (Å²) in [5, 5.41) is 3.03. The van der Waals surface area contributed by atoms with Crippen molar-refractivity contribution in [1.82, 2.24) is 10.2 Å². The average Bonchev–Trinajstić information content (AvgIpc) is 2.28. The van der Waals surface area contributed by atoms with E-state index in [1.165, 1.54) is 0 Å². The molecular weight excluding hydrogens is 304 g/mol. The number of amides is 1. The molecule has 0 heterocycles. The van der Waals surface area contributed by atoms with Crippen LogP contribution in [0, 0.1) is 6.92 Å². The van der Waals surface area contributed by atoms with Gasteiger partial charge in [-0.15, -0.1) is 12.4 Å². The number of hydrogen-bond acceptors (Lipinski definition) is 2. The first-order valence-corrected chi connectivity index (χ1v) is 6.02. The summed E-state index contributed by atoms with van der Waals surface area (Å²) in [4.78, 5) is 13.8. The van der Waals surface area contributed by atoms with Crippen molar-refractivity contribution in [2.75, 3.05) is 27.2 Å². The Bertz CT molecular complexity index is 385. The van der Waals surface area contributed by atoms with Crippen molar-refractivity contribution >= 4 is 34.2 Å². The van der Waals surface area contributed by atoms with Gasteiger partial charge >= 0.3 is 0 Å². The van der Waals surface area contributed by atoms with Gasteiger partial charge in [-0.05, 0) is 31.7 Å². The minimum atomic E-state index is 0. The summed E-state index contributed by atoms with van der Waals surface area (Å²) >= 11 is 3.43. The van der Waals surface area contributed by atoms with E-state index in [2.05, 4.69) is 21.2 Å². The van der Waals surface area contributed by atoms with Gasteiger partial charge in [-0.25, -0.2) is 0 Å². The second kappa shape index (κ2) is 7.69. The van der Waals surface area contributed by atoms with Gasteiger partial charge in [0.05, 0.1) is 0 Å². The summed E-state index contributed by atoms with van der Waals surface area (Å²) in [5.41, 5.74) is 1.75. The summed E-state index contributed by atoms with van der Waals surface area (Å²) in [6, 6.07) is 5.69. The summed E-state index contributed by atoms with van der Waals surface area (Å²) in [7, 11) is 3.70. The Balaban J connectivity index is 0.00000256. The van der Waals surface area contributed by atoms with E-state index in [-0.39, 0.29) is 18.3 Å². The van der Waals surface area contributed by atoms with E-state index < -0.39 is 0 Å². The van der Waals surface area contributed by atoms with Gasteiger partial charge in [0.25, 0.3) is 5.91 Å². The van der Waals surface area contributed by atoms with E-state index >= 15 is 0 Å². The number of rotatable bonds is 4. The first-order valence-electron chi connectivity index (χ1n) is 5.23. The molecule has 17 heavy (non-hydrogen) atoms. The molecule has 0 aliphatic heterocycles. The van der Waals surface area contributed by atoms with Crippen LogP contribution in [0.25, 0.3) is 0 Å². The van der Waals surface area contributed by atoms with Crippen LogP contribution in [0.15, 0.2) is 22.7 Å². The molecule has 1 aromatic rings. The maximum Gasteiger partial charge on any atom is 0.253 e. The smallest absolute Gasteiger partial charge is 0.253 e. The van der Waals surface area contributed by atoms with Crippen molar-refractivity contribution in [2.45, 2.75) is 6.92 Å². The molecule has 0 saturated carbocycles. The van der Waals surface area contributed by atoms with Crippen molar-refractivity contribution in [2.24, 2.45) is 0 Å². The highest BCUT2D eigenvalue weighted by atomic mass is 79.9. The van der Waals surface area contributed by atoms with Gasteiger partial charge in [0.15, 0.2) is 0 Å². The Hall–Kier alpha value is -0.580. The lowest BCUT2D eigenvalue weighted by Gasteiger charge is -2.18. The second-order valence-electron chi connectivity index (χ2n) is 3.74. The summed E-state index contributed by atoms with van der Waals surface area (Å²) in [6.07, 6.45) is 0. The van der Waals surface area contributed by atoms with Crippen LogP contribution in [0.4, 0.5) is 0 Å². The van der Waals surface area contributed by atoms with Gasteiger partial charge in [-0.2, -0.15) is 0 Å². The zero-order valence-electron chi connectivity index (χ0n) is 10.3. The highest BCUT2D eigenvalue weighted by Gasteiger charge is 2.14. The van der Waals surface area contributed by atoms with Gasteiger partial charge in [-0.3, -0.25) is 4.79 Å². The third kappa shape index (κ3) is 4.30. The van der Waals surface area contributed by atoms with E-state index in [0.29, 0.717) is 6.54 Å². The fraction of sp³-hybridized carbons (Fsp3) is 0.417. The molecule has 5 heteroatoms. The van der Waals surface area contributed by atoms with E-state index in [0.717, 1.165) is 22.1 Å². The molecule has 0 aromatic heterocycles. The number of hydrogen-bond donors (Lipinski definition) is 1. The zero-order chi connectivity index (χ0) is 12.1. The largest absolute Gasteiger partial charge is 0.340 e. The van der Waals surface area contributed by atoms with Crippen LogP contribution in [-0.2, 0) is 0 Å². The van der Waals surface area contributed by atoms with Crippen LogP contribution < -0.4 is 5.32 Å². The molecule has 1 aromatic carbocycles. The quantitative estimate of drug-likeness (QED) is 0.924. The van der Waals surface area contributed by atoms with Crippen molar-refractivity contribution in [1.29, 1.82) is 0 Å². The second-order valence-corrected chi connectivity index (χ2v) is 4.60. The molecular formula is C12H18BrClN2O. The average molecular weight is 322 g/mol. The predicted molar refractivity (Wildman–Crippen MR) is 77.0 cm³/mol. The molecule has 3 nitrogen and oxygen atoms in total. The van der Waals surface area contributed by atoms with Crippen molar-refractivity contribution in [3.63, 3.8) is 0 Å². The molecule has 1 amide bonds. The Morgan fingerprint density at radius 3 is 2.71 bits per heavy atom. The van der Waals surface area contributed by atoms with Crippen LogP contribution in [0.2, 0.25) is 0 Å². The number of likely N-dealkylation sites (N-methyl/N-ethyl adjacent to an activating group) is 2. The predicted octanol–water partition coefficient (Wildman–Crippen LogP) is 2.47. The van der Waals surface area contributed by atoms with Gasteiger partial charge in [0.1, 0.15) is 0 Å². The molecule has 0 aliphatic carbocycles. The molecule has 0 fully saturated rings. The number of benzene rings is 1. The van der Waals surface area contributed by atoms with Gasteiger partial charge in [0.2, 0.25) is 0 Å². The minimum Gasteiger partial charge on any atom is -0.340 e. The first kappa shape index (κ1) is 16.4. The number of carbonyl (C=O) groups excluding carboxylic acids is 1. The fourth-order valence-corrected chi connectivity index (χ4v) is 1.79. The Morgan fingerprint density at radius 2 is 2.12 bits per heavy atom. The first-order chi connectivity index (χ1) is 7.57. The fourth-order valence-electron chi connectivity index (χ4n) is 1.43. The van der Waals surface area contributed by atoms with Crippen LogP contribution in [0.3, 0.4) is 0 Å². The lowest BCUT2D eigenvalue weighted by Crippen LogP contribution is -2.33. The van der Waals surface area contributed by atoms with Crippen LogP contribution in [0.1, 0.15) is 15.9 Å². The molecule has 96 valence electrons. The summed E-state index contributed by atoms with van der Waals surface area (Å²) < 4.78 is 0.973. The summed E-state index contributed by atoms with van der Waals surface area (Å²) in [5.74, 6) is 0.0639. The molecule has 0 aliphatic rings. The summed E-state index contributed by atoms with van der Waals surface area (Å²) in [6.45, 7) is 3.46. The Morgan fingerprint density at radius 1 is 1.47 bits per heavy atom. The minimum absolute atomic E-state index is 0. The molecule has 1 rings (SSSR count). The Labute approximate surface area is 117 Å². The molecule has 0 bridgehead atoms. The molecule has 1 N–H and O–H groups in total. The lowest BCUT2D eigenvalue weighted by molar-refractivity contribution is 0.0796. The van der Waals surface area contributed by atoms with Gasteiger partial charge < -0.3 is 10.2 Å². The highest BCUT2D eigenvalue weighted by Crippen LogP contribution is 2.20. The lowest BCUT2D eigenvalue weighted by atomic mass is 10.1. The highest BCUT2D eigenvalue weighted by molar-refractivity contribution is 9.10. The number of halogens is 2. The monoisotopic (exact) mass is 320 g/mol. The molecule has 0 atom stereocenters. The van der Waals surface area contributed by atoms with Crippen LogP contribution in [0.5, 0.6) is 0 Å². The third-order valence-electron chi connectivity index (χ3n) is 2.54. The molecule has 0 radical (unpaired) electrons. The van der Waals surface area contributed by atoms with E-state index in [9.17, 15) is 4.79 Å². The maximum absolute atomic E-state index is 12.1.